The average Bonchev–Trinajstić information content (AvgIpc) is 2.86. The Kier molecular flexibility index (Phi) is 9.30. The summed E-state index contributed by atoms with van der Waals surface area (Å²) < 4.78 is 41.8. The van der Waals surface area contributed by atoms with E-state index in [2.05, 4.69) is 0 Å². The topological polar surface area (TPSA) is 55.8 Å². The van der Waals surface area contributed by atoms with Crippen LogP contribution in [0.25, 0.3) is 11.1 Å². The third-order valence-electron chi connectivity index (χ3n) is 6.41. The minimum atomic E-state index is -1.35. The number of benzene rings is 3. The van der Waals surface area contributed by atoms with Crippen LogP contribution in [0.2, 0.25) is 0 Å². The number of halogens is 2. The normalized spacial score (nSPS) is 13.2. The molecule has 4 nitrogen and oxygen atoms in total. The molecule has 0 unspecified atom stereocenters. The molecule has 0 fully saturated rings. The van der Waals surface area contributed by atoms with Crippen LogP contribution in [0.15, 0.2) is 60.7 Å². The molecule has 37 heavy (non-hydrogen) atoms. The van der Waals surface area contributed by atoms with Crippen LogP contribution in [0, 0.1) is 11.2 Å². The van der Waals surface area contributed by atoms with Gasteiger partial charge >= 0.3 is 5.97 Å². The number of carboxylic acids is 1. The van der Waals surface area contributed by atoms with Crippen molar-refractivity contribution in [1.29, 1.82) is 0 Å². The second-order valence-electron chi connectivity index (χ2n) is 10.4. The number of hydrogen-bond donors (Lipinski definition) is 1. The molecule has 0 aliphatic carbocycles. The number of aliphatic carboxylic acids is 1. The number of alkyl halides is 1. The van der Waals surface area contributed by atoms with Gasteiger partial charge in [0.1, 0.15) is 30.1 Å². The summed E-state index contributed by atoms with van der Waals surface area (Å²) in [6.07, 6.45) is 0.367. The van der Waals surface area contributed by atoms with Crippen molar-refractivity contribution in [2.45, 2.75) is 65.7 Å². The van der Waals surface area contributed by atoms with Crippen molar-refractivity contribution in [3.63, 3.8) is 0 Å². The molecular formula is C31H36F2O4. The maximum Gasteiger partial charge on any atom is 0.303 e. The van der Waals surface area contributed by atoms with Gasteiger partial charge in [-0.1, -0.05) is 58.4 Å². The second-order valence-corrected chi connectivity index (χ2v) is 10.4. The molecule has 0 spiro atoms. The lowest BCUT2D eigenvalue weighted by Gasteiger charge is -2.27. The highest BCUT2D eigenvalue weighted by Gasteiger charge is 2.29. The first kappa shape index (κ1) is 28.2. The predicted octanol–water partition coefficient (Wildman–Crippen LogP) is 8.50. The molecule has 3 aromatic rings. The number of carbonyl (C=O) groups is 1. The lowest BCUT2D eigenvalue weighted by Crippen LogP contribution is -2.15. The molecule has 3 aromatic carbocycles. The summed E-state index contributed by atoms with van der Waals surface area (Å²) in [5, 5.41) is 9.28. The molecule has 6 heteroatoms. The van der Waals surface area contributed by atoms with Crippen LogP contribution >= 0.6 is 0 Å². The van der Waals surface area contributed by atoms with E-state index in [1.165, 1.54) is 19.2 Å². The first-order valence-corrected chi connectivity index (χ1v) is 12.6. The third kappa shape index (κ3) is 7.31. The van der Waals surface area contributed by atoms with Crippen molar-refractivity contribution in [2.24, 2.45) is 5.41 Å². The van der Waals surface area contributed by atoms with E-state index in [0.717, 1.165) is 24.0 Å². The van der Waals surface area contributed by atoms with Crippen LogP contribution in [-0.2, 0) is 11.4 Å². The zero-order valence-corrected chi connectivity index (χ0v) is 22.2. The first-order valence-electron chi connectivity index (χ1n) is 12.6. The molecule has 1 N–H and O–H groups in total. The highest BCUT2D eigenvalue weighted by atomic mass is 19.1. The smallest absolute Gasteiger partial charge is 0.303 e. The number of rotatable bonds is 11. The van der Waals surface area contributed by atoms with Crippen LogP contribution in [0.3, 0.4) is 0 Å². The van der Waals surface area contributed by atoms with Crippen LogP contribution < -0.4 is 9.47 Å². The minimum absolute atomic E-state index is 0.0631. The molecule has 0 saturated carbocycles. The Morgan fingerprint density at radius 3 is 2.41 bits per heavy atom. The van der Waals surface area contributed by atoms with Crippen molar-refractivity contribution in [3.05, 3.63) is 83.2 Å². The standard InChI is InChI=1S/C31H36F2O4/c1-6-8-21(17-29(34)35)22-9-7-10-24(16-22)37-19-20-11-13-25(27(15-20)30(33)31(2,3)4)26-18-23(36-5)12-14-28(26)32/h7,9-16,18,21,30H,6,8,17,19H2,1-5H3,(H,34,35)/t21-,30-/m0/s1. The second kappa shape index (κ2) is 12.2. The Balaban J connectivity index is 1.92. The van der Waals surface area contributed by atoms with E-state index < -0.39 is 23.4 Å². The van der Waals surface area contributed by atoms with E-state index in [-0.39, 0.29) is 24.5 Å². The fraction of sp³-hybridized carbons (Fsp3) is 0.387. The Labute approximate surface area is 218 Å². The molecule has 0 amide bonds. The van der Waals surface area contributed by atoms with E-state index in [1.807, 2.05) is 52.0 Å². The molecule has 0 radical (unpaired) electrons. The van der Waals surface area contributed by atoms with Gasteiger partial charge in [-0.15, -0.1) is 0 Å². The van der Waals surface area contributed by atoms with Crippen LogP contribution in [0.5, 0.6) is 11.5 Å². The van der Waals surface area contributed by atoms with Crippen molar-refractivity contribution in [2.75, 3.05) is 7.11 Å². The number of carboxylic acid groups (broad SMARTS) is 1. The number of ether oxygens (including phenoxy) is 2. The average molecular weight is 511 g/mol. The van der Waals surface area contributed by atoms with Crippen LogP contribution in [0.1, 0.15) is 75.7 Å². The van der Waals surface area contributed by atoms with Crippen LogP contribution in [0.4, 0.5) is 8.78 Å². The molecule has 0 heterocycles. The molecule has 0 bridgehead atoms. The molecule has 0 aliphatic heterocycles. The fourth-order valence-corrected chi connectivity index (χ4v) is 4.43. The Morgan fingerprint density at radius 2 is 1.76 bits per heavy atom. The molecule has 198 valence electrons. The number of hydrogen-bond acceptors (Lipinski definition) is 3. The van der Waals surface area contributed by atoms with Gasteiger partial charge in [0.05, 0.1) is 13.5 Å². The van der Waals surface area contributed by atoms with Crippen LogP contribution in [-0.4, -0.2) is 18.2 Å². The van der Waals surface area contributed by atoms with Gasteiger partial charge in [0.2, 0.25) is 0 Å². The van der Waals surface area contributed by atoms with Crippen molar-refractivity contribution in [3.8, 4) is 22.6 Å². The van der Waals surface area contributed by atoms with Gasteiger partial charge in [-0.3, -0.25) is 4.79 Å². The van der Waals surface area contributed by atoms with Gasteiger partial charge in [0.15, 0.2) is 0 Å². The van der Waals surface area contributed by atoms with E-state index in [9.17, 15) is 14.3 Å². The van der Waals surface area contributed by atoms with Gasteiger partial charge in [-0.05, 0) is 76.4 Å². The summed E-state index contributed by atoms with van der Waals surface area (Å²) in [6, 6.07) is 17.2. The molecule has 3 rings (SSSR count). The Morgan fingerprint density at radius 1 is 1.00 bits per heavy atom. The zero-order valence-electron chi connectivity index (χ0n) is 22.2. The maximum atomic E-state index is 15.7. The highest BCUT2D eigenvalue weighted by Crippen LogP contribution is 2.42. The van der Waals surface area contributed by atoms with E-state index in [1.54, 1.807) is 24.3 Å². The minimum Gasteiger partial charge on any atom is -0.497 e. The SMILES string of the molecule is CCC[C@@H](CC(=O)O)c1cccc(OCc2ccc(-c3cc(OC)ccc3F)c([C@H](F)C(C)(C)C)c2)c1. The molecule has 2 atom stereocenters. The van der Waals surface area contributed by atoms with Crippen molar-refractivity contribution in [1.82, 2.24) is 0 Å². The largest absolute Gasteiger partial charge is 0.497 e. The fourth-order valence-electron chi connectivity index (χ4n) is 4.43. The monoisotopic (exact) mass is 510 g/mol. The Hall–Kier alpha value is -3.41. The van der Waals surface area contributed by atoms with E-state index in [4.69, 9.17) is 9.47 Å². The van der Waals surface area contributed by atoms with Crippen molar-refractivity contribution >= 4 is 5.97 Å². The van der Waals surface area contributed by atoms with E-state index in [0.29, 0.717) is 22.6 Å². The van der Waals surface area contributed by atoms with Gasteiger partial charge in [0.25, 0.3) is 0 Å². The molecule has 0 aliphatic rings. The van der Waals surface area contributed by atoms with Crippen molar-refractivity contribution < 1.29 is 28.2 Å². The zero-order chi connectivity index (χ0) is 27.2. The summed E-state index contributed by atoms with van der Waals surface area (Å²) in [5.74, 6) is -0.267. The summed E-state index contributed by atoms with van der Waals surface area (Å²) in [7, 11) is 1.51. The van der Waals surface area contributed by atoms with E-state index >= 15 is 4.39 Å². The third-order valence-corrected chi connectivity index (χ3v) is 6.41. The lowest BCUT2D eigenvalue weighted by atomic mass is 9.82. The van der Waals surface area contributed by atoms with Gasteiger partial charge in [0, 0.05) is 5.56 Å². The summed E-state index contributed by atoms with van der Waals surface area (Å²) >= 11 is 0. The number of methoxy groups -OCH3 is 1. The Bertz CT molecular complexity index is 1220. The van der Waals surface area contributed by atoms with Gasteiger partial charge < -0.3 is 14.6 Å². The predicted molar refractivity (Wildman–Crippen MR) is 142 cm³/mol. The summed E-state index contributed by atoms with van der Waals surface area (Å²) in [5.41, 5.74) is 2.11. The summed E-state index contributed by atoms with van der Waals surface area (Å²) in [4.78, 5) is 11.3. The lowest BCUT2D eigenvalue weighted by molar-refractivity contribution is -0.137. The molecule has 0 saturated heterocycles. The van der Waals surface area contributed by atoms with Gasteiger partial charge in [-0.25, -0.2) is 8.78 Å². The maximum absolute atomic E-state index is 15.7. The summed E-state index contributed by atoms with van der Waals surface area (Å²) in [6.45, 7) is 7.64. The molecule has 0 aromatic heterocycles. The highest BCUT2D eigenvalue weighted by molar-refractivity contribution is 5.70. The molecular weight excluding hydrogens is 474 g/mol. The first-order chi connectivity index (χ1) is 17.5. The quantitative estimate of drug-likeness (QED) is 0.281. The van der Waals surface area contributed by atoms with Gasteiger partial charge in [-0.2, -0.15) is 0 Å².